The molecule has 0 atom stereocenters. The second kappa shape index (κ2) is 10.9. The molecule has 0 aromatic heterocycles. The van der Waals surface area contributed by atoms with Crippen LogP contribution in [0.4, 0.5) is 16.2 Å². The van der Waals surface area contributed by atoms with E-state index >= 15 is 0 Å². The lowest BCUT2D eigenvalue weighted by molar-refractivity contribution is -0.112. The van der Waals surface area contributed by atoms with Crippen LogP contribution in [0.5, 0.6) is 5.75 Å². The van der Waals surface area contributed by atoms with Crippen LogP contribution in [0.2, 0.25) is 0 Å². The standard InChI is InChI=1S/C23H24N2O6/c1-2-30-23(28)31-20-8-6-17(7-9-20)22(27)25-19-5-3-4-18(15-19)24-21(26)14-16-10-12-29-13-11-16/h3-9,14-15H,2,10-13H2,1H3,(H,24,26)(H,25,27). The van der Waals surface area contributed by atoms with Crippen LogP contribution in [0, 0.1) is 0 Å². The van der Waals surface area contributed by atoms with Crippen molar-refractivity contribution in [3.63, 3.8) is 0 Å². The number of ether oxygens (including phenoxy) is 3. The fraction of sp³-hybridized carbons (Fsp3) is 0.261. The van der Waals surface area contributed by atoms with Gasteiger partial charge in [-0.05, 0) is 62.2 Å². The van der Waals surface area contributed by atoms with E-state index in [1.54, 1.807) is 37.3 Å². The van der Waals surface area contributed by atoms with Crippen molar-refractivity contribution in [3.8, 4) is 5.75 Å². The molecule has 0 spiro atoms. The minimum absolute atomic E-state index is 0.211. The Bertz CT molecular complexity index is 960. The number of benzene rings is 2. The highest BCUT2D eigenvalue weighted by Crippen LogP contribution is 2.19. The summed E-state index contributed by atoms with van der Waals surface area (Å²) in [4.78, 5) is 36.0. The van der Waals surface area contributed by atoms with Gasteiger partial charge >= 0.3 is 6.16 Å². The summed E-state index contributed by atoms with van der Waals surface area (Å²) in [6, 6.07) is 13.0. The molecule has 1 heterocycles. The molecule has 0 unspecified atom stereocenters. The number of anilines is 2. The number of amides is 2. The summed E-state index contributed by atoms with van der Waals surface area (Å²) in [5.74, 6) is -0.272. The molecule has 2 N–H and O–H groups in total. The maximum absolute atomic E-state index is 12.5. The summed E-state index contributed by atoms with van der Waals surface area (Å²) in [5, 5.41) is 5.59. The maximum Gasteiger partial charge on any atom is 0.513 e. The average molecular weight is 424 g/mol. The van der Waals surface area contributed by atoms with E-state index in [0.29, 0.717) is 30.2 Å². The number of rotatable bonds is 6. The Balaban J connectivity index is 1.58. The van der Waals surface area contributed by atoms with Gasteiger partial charge in [0.2, 0.25) is 5.91 Å². The van der Waals surface area contributed by atoms with Crippen LogP contribution in [-0.2, 0) is 14.3 Å². The Morgan fingerprint density at radius 3 is 2.35 bits per heavy atom. The number of carbonyl (C=O) groups excluding carboxylic acids is 3. The number of nitrogens with one attached hydrogen (secondary N) is 2. The van der Waals surface area contributed by atoms with Crippen molar-refractivity contribution >= 4 is 29.3 Å². The summed E-state index contributed by atoms with van der Waals surface area (Å²) >= 11 is 0. The largest absolute Gasteiger partial charge is 0.513 e. The molecule has 2 aromatic carbocycles. The second-order valence-electron chi connectivity index (χ2n) is 6.75. The second-order valence-corrected chi connectivity index (χ2v) is 6.75. The molecule has 3 rings (SSSR count). The van der Waals surface area contributed by atoms with Crippen molar-refractivity contribution in [2.24, 2.45) is 0 Å². The molecule has 1 fully saturated rings. The van der Waals surface area contributed by atoms with Crippen molar-refractivity contribution < 1.29 is 28.6 Å². The van der Waals surface area contributed by atoms with Crippen LogP contribution in [-0.4, -0.2) is 37.8 Å². The average Bonchev–Trinajstić information content (AvgIpc) is 2.75. The molecule has 31 heavy (non-hydrogen) atoms. The minimum atomic E-state index is -0.800. The molecule has 0 bridgehead atoms. The molecule has 1 saturated heterocycles. The predicted molar refractivity (Wildman–Crippen MR) is 115 cm³/mol. The molecule has 162 valence electrons. The van der Waals surface area contributed by atoms with Gasteiger partial charge in [-0.2, -0.15) is 0 Å². The minimum Gasteiger partial charge on any atom is -0.434 e. The molecule has 8 heteroatoms. The zero-order chi connectivity index (χ0) is 22.1. The van der Waals surface area contributed by atoms with Crippen LogP contribution in [0.15, 0.2) is 60.2 Å². The first-order valence-corrected chi connectivity index (χ1v) is 9.98. The van der Waals surface area contributed by atoms with Gasteiger partial charge in [0.1, 0.15) is 5.75 Å². The fourth-order valence-electron chi connectivity index (χ4n) is 2.94. The van der Waals surface area contributed by atoms with Crippen molar-refractivity contribution in [3.05, 3.63) is 65.7 Å². The molecule has 1 aliphatic rings. The molecule has 8 nitrogen and oxygen atoms in total. The van der Waals surface area contributed by atoms with Gasteiger partial charge in [-0.1, -0.05) is 11.6 Å². The normalized spacial score (nSPS) is 13.1. The summed E-state index contributed by atoms with van der Waals surface area (Å²) in [7, 11) is 0. The van der Waals surface area contributed by atoms with E-state index in [1.165, 1.54) is 24.3 Å². The fourth-order valence-corrected chi connectivity index (χ4v) is 2.94. The molecule has 2 aromatic rings. The lowest BCUT2D eigenvalue weighted by atomic mass is 10.1. The monoisotopic (exact) mass is 424 g/mol. The van der Waals surface area contributed by atoms with Gasteiger partial charge in [-0.25, -0.2) is 4.79 Å². The Morgan fingerprint density at radius 1 is 1.00 bits per heavy atom. The van der Waals surface area contributed by atoms with Crippen molar-refractivity contribution in [2.45, 2.75) is 19.8 Å². The molecule has 1 aliphatic heterocycles. The van der Waals surface area contributed by atoms with E-state index in [0.717, 1.165) is 18.4 Å². The highest BCUT2D eigenvalue weighted by Gasteiger charge is 2.11. The first-order chi connectivity index (χ1) is 15.0. The quantitative estimate of drug-likeness (QED) is 0.410. The van der Waals surface area contributed by atoms with Gasteiger partial charge < -0.3 is 24.8 Å². The van der Waals surface area contributed by atoms with E-state index in [4.69, 9.17) is 14.2 Å². The van der Waals surface area contributed by atoms with Crippen molar-refractivity contribution in [2.75, 3.05) is 30.5 Å². The molecular formula is C23H24N2O6. The first kappa shape index (κ1) is 22.0. The summed E-state index contributed by atoms with van der Waals surface area (Å²) in [6.07, 6.45) is 2.32. The molecule has 2 amide bonds. The summed E-state index contributed by atoms with van der Waals surface area (Å²) in [5.41, 5.74) is 2.55. The van der Waals surface area contributed by atoms with Crippen LogP contribution < -0.4 is 15.4 Å². The third-order valence-corrected chi connectivity index (χ3v) is 4.44. The van der Waals surface area contributed by atoms with Gasteiger partial charge in [0.15, 0.2) is 0 Å². The van der Waals surface area contributed by atoms with Gasteiger partial charge in [0.05, 0.1) is 19.8 Å². The van der Waals surface area contributed by atoms with Gasteiger partial charge in [0, 0.05) is 23.0 Å². The van der Waals surface area contributed by atoms with Gasteiger partial charge in [-0.3, -0.25) is 9.59 Å². The van der Waals surface area contributed by atoms with Crippen LogP contribution in [0.3, 0.4) is 0 Å². The van der Waals surface area contributed by atoms with Crippen molar-refractivity contribution in [1.29, 1.82) is 0 Å². The Labute approximate surface area is 180 Å². The zero-order valence-corrected chi connectivity index (χ0v) is 17.2. The molecule has 0 aliphatic carbocycles. The Hall–Kier alpha value is -3.65. The SMILES string of the molecule is CCOC(=O)Oc1ccc(C(=O)Nc2cccc(NC(=O)C=C3CCOCC3)c2)cc1. The van der Waals surface area contributed by atoms with E-state index in [1.807, 2.05) is 0 Å². The van der Waals surface area contributed by atoms with E-state index < -0.39 is 6.16 Å². The topological polar surface area (TPSA) is 103 Å². The number of carbonyl (C=O) groups is 3. The smallest absolute Gasteiger partial charge is 0.434 e. The zero-order valence-electron chi connectivity index (χ0n) is 17.2. The lowest BCUT2D eigenvalue weighted by Crippen LogP contribution is -2.14. The van der Waals surface area contributed by atoms with Crippen LogP contribution in [0.25, 0.3) is 0 Å². The number of hydrogen-bond donors (Lipinski definition) is 2. The third kappa shape index (κ3) is 6.97. The van der Waals surface area contributed by atoms with Gasteiger partial charge in [-0.15, -0.1) is 0 Å². The van der Waals surface area contributed by atoms with E-state index in [2.05, 4.69) is 10.6 Å². The highest BCUT2D eigenvalue weighted by atomic mass is 16.7. The summed E-state index contributed by atoms with van der Waals surface area (Å²) < 4.78 is 15.0. The Kier molecular flexibility index (Phi) is 7.78. The van der Waals surface area contributed by atoms with Crippen LogP contribution >= 0.6 is 0 Å². The molecular weight excluding hydrogens is 400 g/mol. The molecule has 0 radical (unpaired) electrons. The van der Waals surface area contributed by atoms with E-state index in [9.17, 15) is 14.4 Å². The van der Waals surface area contributed by atoms with Crippen LogP contribution in [0.1, 0.15) is 30.1 Å². The highest BCUT2D eigenvalue weighted by molar-refractivity contribution is 6.05. The Morgan fingerprint density at radius 2 is 1.68 bits per heavy atom. The van der Waals surface area contributed by atoms with Crippen molar-refractivity contribution in [1.82, 2.24) is 0 Å². The molecule has 0 saturated carbocycles. The first-order valence-electron chi connectivity index (χ1n) is 9.98. The third-order valence-electron chi connectivity index (χ3n) is 4.44. The predicted octanol–water partition coefficient (Wildman–Crippen LogP) is 4.15. The summed E-state index contributed by atoms with van der Waals surface area (Å²) in [6.45, 7) is 3.16. The maximum atomic E-state index is 12.5. The number of hydrogen-bond acceptors (Lipinski definition) is 6. The van der Waals surface area contributed by atoms with E-state index in [-0.39, 0.29) is 24.2 Å². The lowest BCUT2D eigenvalue weighted by Gasteiger charge is -2.14. The van der Waals surface area contributed by atoms with Gasteiger partial charge in [0.25, 0.3) is 5.91 Å².